The number of hydrogen-bond acceptors (Lipinski definition) is 5. The molecule has 0 radical (unpaired) electrons. The summed E-state index contributed by atoms with van der Waals surface area (Å²) in [6, 6.07) is 0. The molecule has 7 nitrogen and oxygen atoms in total. The van der Waals surface area contributed by atoms with Gasteiger partial charge in [-0.1, -0.05) is 5.21 Å². The molecule has 102 valence electrons. The highest BCUT2D eigenvalue weighted by atomic mass is 15.6. The van der Waals surface area contributed by atoms with Crippen molar-refractivity contribution in [3.8, 4) is 0 Å². The summed E-state index contributed by atoms with van der Waals surface area (Å²) in [5.41, 5.74) is 2.26. The van der Waals surface area contributed by atoms with Gasteiger partial charge in [-0.2, -0.15) is 0 Å². The van der Waals surface area contributed by atoms with E-state index in [-0.39, 0.29) is 5.54 Å². The number of aryl methyl sites for hydroxylation is 1. The normalized spacial score (nSPS) is 15.5. The molecule has 0 amide bonds. The minimum atomic E-state index is -0.126. The fourth-order valence-corrected chi connectivity index (χ4v) is 2.51. The van der Waals surface area contributed by atoms with Crippen LogP contribution >= 0.6 is 0 Å². The Hall–Kier alpha value is -1.79. The van der Waals surface area contributed by atoms with E-state index in [1.807, 2.05) is 9.36 Å². The third-order valence-electron chi connectivity index (χ3n) is 3.46. The molecule has 0 saturated heterocycles. The molecule has 19 heavy (non-hydrogen) atoms. The van der Waals surface area contributed by atoms with E-state index in [2.05, 4.69) is 46.6 Å². The van der Waals surface area contributed by atoms with Gasteiger partial charge in [0.05, 0.1) is 16.9 Å². The van der Waals surface area contributed by atoms with Gasteiger partial charge in [-0.3, -0.25) is 0 Å². The average molecular weight is 261 g/mol. The number of rotatable bonds is 2. The van der Waals surface area contributed by atoms with E-state index >= 15 is 0 Å². The van der Waals surface area contributed by atoms with Gasteiger partial charge in [0.15, 0.2) is 5.82 Å². The maximum atomic E-state index is 4.26. The van der Waals surface area contributed by atoms with E-state index in [4.69, 9.17) is 0 Å². The highest BCUT2D eigenvalue weighted by Gasteiger charge is 2.22. The molecule has 0 aliphatic heterocycles. The van der Waals surface area contributed by atoms with Crippen molar-refractivity contribution >= 4 is 0 Å². The van der Waals surface area contributed by atoms with Crippen LogP contribution in [0.4, 0.5) is 0 Å². The quantitative estimate of drug-likeness (QED) is 0.804. The van der Waals surface area contributed by atoms with Crippen LogP contribution in [0, 0.1) is 0 Å². The minimum absolute atomic E-state index is 0.126. The zero-order valence-electron chi connectivity index (χ0n) is 11.7. The molecule has 0 atom stereocenters. The molecule has 0 saturated carbocycles. The first-order chi connectivity index (χ1) is 9.05. The summed E-state index contributed by atoms with van der Waals surface area (Å²) in [7, 11) is 0. The second-order valence-corrected chi connectivity index (χ2v) is 6.03. The molecule has 2 heterocycles. The van der Waals surface area contributed by atoms with Crippen LogP contribution in [0.2, 0.25) is 0 Å². The van der Waals surface area contributed by atoms with Crippen molar-refractivity contribution in [1.82, 2.24) is 35.2 Å². The summed E-state index contributed by atoms with van der Waals surface area (Å²) in [6.07, 6.45) is 4.52. The lowest BCUT2D eigenvalue weighted by molar-refractivity contribution is 0.330. The summed E-state index contributed by atoms with van der Waals surface area (Å²) in [5.74, 6) is 0.825. The van der Waals surface area contributed by atoms with E-state index in [0.717, 1.165) is 24.4 Å². The monoisotopic (exact) mass is 261 g/mol. The first-order valence-corrected chi connectivity index (χ1v) is 6.74. The Labute approximate surface area is 112 Å². The lowest BCUT2D eigenvalue weighted by Gasteiger charge is -2.20. The maximum Gasteiger partial charge on any atom is 0.173 e. The van der Waals surface area contributed by atoms with Gasteiger partial charge in [0.2, 0.25) is 0 Å². The Morgan fingerprint density at radius 2 is 1.84 bits per heavy atom. The largest absolute Gasteiger partial charge is 0.241 e. The molecule has 2 aromatic heterocycles. The van der Waals surface area contributed by atoms with Gasteiger partial charge in [0, 0.05) is 0 Å². The topological polar surface area (TPSA) is 74.3 Å². The van der Waals surface area contributed by atoms with Crippen LogP contribution in [-0.4, -0.2) is 35.2 Å². The van der Waals surface area contributed by atoms with Gasteiger partial charge in [0.1, 0.15) is 6.54 Å². The molecule has 0 bridgehead atoms. The molecule has 1 aliphatic carbocycles. The van der Waals surface area contributed by atoms with Gasteiger partial charge in [0.25, 0.3) is 0 Å². The van der Waals surface area contributed by atoms with Gasteiger partial charge < -0.3 is 0 Å². The highest BCUT2D eigenvalue weighted by molar-refractivity contribution is 5.14. The molecule has 0 unspecified atom stereocenters. The fourth-order valence-electron chi connectivity index (χ4n) is 2.51. The molecular weight excluding hydrogens is 242 g/mol. The molecule has 0 aromatic carbocycles. The zero-order chi connectivity index (χ0) is 13.5. The lowest BCUT2D eigenvalue weighted by atomic mass is 10.0. The van der Waals surface area contributed by atoms with Gasteiger partial charge in [-0.15, -0.1) is 10.2 Å². The van der Waals surface area contributed by atoms with Crippen molar-refractivity contribution < 1.29 is 0 Å². The highest BCUT2D eigenvalue weighted by Crippen LogP contribution is 2.20. The summed E-state index contributed by atoms with van der Waals surface area (Å²) >= 11 is 0. The number of fused-ring (bicyclic) bond motifs is 1. The van der Waals surface area contributed by atoms with E-state index < -0.39 is 0 Å². The van der Waals surface area contributed by atoms with Crippen molar-refractivity contribution in [2.75, 3.05) is 0 Å². The van der Waals surface area contributed by atoms with E-state index in [9.17, 15) is 0 Å². The lowest BCUT2D eigenvalue weighted by Crippen LogP contribution is -2.27. The summed E-state index contributed by atoms with van der Waals surface area (Å²) < 4.78 is 3.80. The molecule has 0 spiro atoms. The van der Waals surface area contributed by atoms with Crippen molar-refractivity contribution in [3.63, 3.8) is 0 Å². The summed E-state index contributed by atoms with van der Waals surface area (Å²) in [6.45, 7) is 6.85. The van der Waals surface area contributed by atoms with E-state index in [1.54, 1.807) is 0 Å². The Morgan fingerprint density at radius 3 is 2.63 bits per heavy atom. The Morgan fingerprint density at radius 1 is 1.05 bits per heavy atom. The van der Waals surface area contributed by atoms with Crippen molar-refractivity contribution in [3.05, 3.63) is 17.2 Å². The maximum absolute atomic E-state index is 4.26. The van der Waals surface area contributed by atoms with Crippen LogP contribution < -0.4 is 0 Å². The molecule has 1 aliphatic rings. The molecule has 0 N–H and O–H groups in total. The van der Waals surface area contributed by atoms with Gasteiger partial charge >= 0.3 is 0 Å². The standard InChI is InChI=1S/C12H19N7/c1-12(2,3)19-11(14-15-17-19)8-18-10-7-5-4-6-9(10)13-16-18/h4-8H2,1-3H3. The van der Waals surface area contributed by atoms with Crippen LogP contribution in [-0.2, 0) is 24.9 Å². The number of aromatic nitrogens is 7. The zero-order valence-corrected chi connectivity index (χ0v) is 11.7. The van der Waals surface area contributed by atoms with Crippen molar-refractivity contribution in [2.24, 2.45) is 0 Å². The number of tetrazole rings is 1. The second kappa shape index (κ2) is 4.40. The second-order valence-electron chi connectivity index (χ2n) is 6.03. The first-order valence-electron chi connectivity index (χ1n) is 6.74. The van der Waals surface area contributed by atoms with E-state index in [1.165, 1.54) is 18.5 Å². The van der Waals surface area contributed by atoms with Gasteiger partial charge in [-0.25, -0.2) is 9.36 Å². The smallest absolute Gasteiger partial charge is 0.173 e. The van der Waals surface area contributed by atoms with Crippen molar-refractivity contribution in [1.29, 1.82) is 0 Å². The number of nitrogens with zero attached hydrogens (tertiary/aromatic N) is 7. The summed E-state index contributed by atoms with van der Waals surface area (Å²) in [4.78, 5) is 0. The molecule has 0 fully saturated rings. The van der Waals surface area contributed by atoms with Crippen LogP contribution in [0.25, 0.3) is 0 Å². The molecule has 3 rings (SSSR count). The number of hydrogen-bond donors (Lipinski definition) is 0. The van der Waals surface area contributed by atoms with Crippen LogP contribution in [0.15, 0.2) is 0 Å². The first kappa shape index (κ1) is 12.3. The molecule has 7 heteroatoms. The Bertz CT molecular complexity index is 575. The predicted molar refractivity (Wildman–Crippen MR) is 68.6 cm³/mol. The molecular formula is C12H19N7. The third-order valence-corrected chi connectivity index (χ3v) is 3.46. The van der Waals surface area contributed by atoms with Crippen LogP contribution in [0.1, 0.15) is 50.8 Å². The van der Waals surface area contributed by atoms with E-state index in [0.29, 0.717) is 6.54 Å². The molecule has 2 aromatic rings. The minimum Gasteiger partial charge on any atom is -0.241 e. The predicted octanol–water partition coefficient (Wildman–Crippen LogP) is 0.947. The SMILES string of the molecule is CC(C)(C)n1nnnc1Cn1nnc2c1CCCC2. The Kier molecular flexibility index (Phi) is 2.83. The van der Waals surface area contributed by atoms with Crippen LogP contribution in [0.3, 0.4) is 0 Å². The van der Waals surface area contributed by atoms with Crippen LogP contribution in [0.5, 0.6) is 0 Å². The van der Waals surface area contributed by atoms with Crippen molar-refractivity contribution in [2.45, 2.75) is 58.5 Å². The third kappa shape index (κ3) is 2.24. The summed E-state index contributed by atoms with van der Waals surface area (Å²) in [5, 5.41) is 20.5. The average Bonchev–Trinajstić information content (AvgIpc) is 2.97. The fraction of sp³-hybridized carbons (Fsp3) is 0.750. The van der Waals surface area contributed by atoms with Gasteiger partial charge in [-0.05, 0) is 56.9 Å². The Balaban J connectivity index is 1.90.